The van der Waals surface area contributed by atoms with Crippen LogP contribution in [0.3, 0.4) is 0 Å². The number of urea groups is 1. The molecule has 0 saturated carbocycles. The van der Waals surface area contributed by atoms with Gasteiger partial charge in [0.15, 0.2) is 0 Å². The van der Waals surface area contributed by atoms with Gasteiger partial charge >= 0.3 is 12.0 Å². The third kappa shape index (κ3) is 2.35. The summed E-state index contributed by atoms with van der Waals surface area (Å²) in [7, 11) is 0. The molecule has 5 heteroatoms. The van der Waals surface area contributed by atoms with Crippen molar-refractivity contribution in [2.24, 2.45) is 5.41 Å². The summed E-state index contributed by atoms with van der Waals surface area (Å²) in [6.45, 7) is 6.55. The average Bonchev–Trinajstić information content (AvgIpc) is 2.71. The lowest BCUT2D eigenvalue weighted by atomic mass is 9.84. The van der Waals surface area contributed by atoms with E-state index in [9.17, 15) is 9.59 Å². The molecule has 0 radical (unpaired) electrons. The molecule has 1 saturated heterocycles. The molecule has 2 amide bonds. The van der Waals surface area contributed by atoms with Crippen molar-refractivity contribution in [3.8, 4) is 0 Å². The number of likely N-dealkylation sites (tertiary alicyclic amines) is 1. The minimum absolute atomic E-state index is 0.212. The molecule has 0 aromatic carbocycles. The molecule has 0 aromatic heterocycles. The van der Waals surface area contributed by atoms with E-state index in [2.05, 4.69) is 11.9 Å². The summed E-state index contributed by atoms with van der Waals surface area (Å²) in [5.74, 6) is -0.811. The molecule has 1 aliphatic rings. The minimum Gasteiger partial charge on any atom is -0.481 e. The first-order valence-corrected chi connectivity index (χ1v) is 5.43. The number of carbonyl (C=O) groups is 2. The van der Waals surface area contributed by atoms with Crippen LogP contribution in [0.2, 0.25) is 0 Å². The van der Waals surface area contributed by atoms with Crippen LogP contribution >= 0.6 is 0 Å². The maximum Gasteiger partial charge on any atom is 0.317 e. The molecule has 1 fully saturated rings. The van der Waals surface area contributed by atoms with Gasteiger partial charge in [0.05, 0.1) is 5.41 Å². The quantitative estimate of drug-likeness (QED) is 0.704. The fourth-order valence-corrected chi connectivity index (χ4v) is 1.93. The maximum absolute atomic E-state index is 11.6. The second kappa shape index (κ2) is 5.01. The van der Waals surface area contributed by atoms with E-state index in [0.717, 1.165) is 0 Å². The van der Waals surface area contributed by atoms with Crippen molar-refractivity contribution in [2.45, 2.75) is 19.8 Å². The van der Waals surface area contributed by atoms with E-state index >= 15 is 0 Å². The second-order valence-electron chi connectivity index (χ2n) is 4.09. The molecule has 1 atom stereocenters. The number of rotatable bonds is 4. The number of carbonyl (C=O) groups excluding carboxylic acids is 1. The number of amides is 2. The fraction of sp³-hybridized carbons (Fsp3) is 0.636. The van der Waals surface area contributed by atoms with Gasteiger partial charge in [-0.3, -0.25) is 4.79 Å². The summed E-state index contributed by atoms with van der Waals surface area (Å²) in [6.07, 6.45) is 2.67. The van der Waals surface area contributed by atoms with Gasteiger partial charge in [-0.05, 0) is 12.8 Å². The number of hydrogen-bond donors (Lipinski definition) is 2. The summed E-state index contributed by atoms with van der Waals surface area (Å²) in [5.41, 5.74) is -0.758. The monoisotopic (exact) mass is 226 g/mol. The highest BCUT2D eigenvalue weighted by atomic mass is 16.4. The summed E-state index contributed by atoms with van der Waals surface area (Å²) in [6, 6.07) is -0.212. The molecule has 16 heavy (non-hydrogen) atoms. The number of nitrogens with one attached hydrogen (secondary N) is 1. The standard InChI is InChI=1S/C11H18N2O3/c1-3-6-12-10(16)13-7-5-11(4-2,8-13)9(14)15/h3H,1,4-8H2,2H3,(H,12,16)(H,14,15). The minimum atomic E-state index is -0.811. The van der Waals surface area contributed by atoms with Crippen LogP contribution < -0.4 is 5.32 Å². The lowest BCUT2D eigenvalue weighted by Crippen LogP contribution is -2.41. The van der Waals surface area contributed by atoms with Gasteiger partial charge in [0.25, 0.3) is 0 Å². The molecular weight excluding hydrogens is 208 g/mol. The Morgan fingerprint density at radius 2 is 2.31 bits per heavy atom. The zero-order valence-corrected chi connectivity index (χ0v) is 9.53. The van der Waals surface area contributed by atoms with Gasteiger partial charge in [0.1, 0.15) is 0 Å². The van der Waals surface area contributed by atoms with Crippen LogP contribution in [0.15, 0.2) is 12.7 Å². The topological polar surface area (TPSA) is 69.6 Å². The Labute approximate surface area is 95.1 Å². The predicted molar refractivity (Wildman–Crippen MR) is 60.1 cm³/mol. The van der Waals surface area contributed by atoms with Crippen molar-refractivity contribution in [3.63, 3.8) is 0 Å². The largest absolute Gasteiger partial charge is 0.481 e. The van der Waals surface area contributed by atoms with Crippen LogP contribution in [0.5, 0.6) is 0 Å². The number of carboxylic acid groups (broad SMARTS) is 1. The zero-order valence-electron chi connectivity index (χ0n) is 9.53. The Kier molecular flexibility index (Phi) is 3.93. The highest BCUT2D eigenvalue weighted by Crippen LogP contribution is 2.33. The van der Waals surface area contributed by atoms with E-state index in [1.165, 1.54) is 0 Å². The van der Waals surface area contributed by atoms with Gasteiger partial charge in [0.2, 0.25) is 0 Å². The first kappa shape index (κ1) is 12.5. The molecule has 1 unspecified atom stereocenters. The van der Waals surface area contributed by atoms with Crippen molar-refractivity contribution in [1.82, 2.24) is 10.2 Å². The Balaban J connectivity index is 2.60. The van der Waals surface area contributed by atoms with Crippen LogP contribution in [0.4, 0.5) is 4.79 Å². The summed E-state index contributed by atoms with van der Waals surface area (Å²) < 4.78 is 0. The highest BCUT2D eigenvalue weighted by molar-refractivity contribution is 5.79. The molecule has 0 bridgehead atoms. The molecule has 1 aliphatic heterocycles. The van der Waals surface area contributed by atoms with Crippen molar-refractivity contribution in [1.29, 1.82) is 0 Å². The van der Waals surface area contributed by atoms with Gasteiger partial charge in [0, 0.05) is 19.6 Å². The van der Waals surface area contributed by atoms with Crippen LogP contribution in [-0.2, 0) is 4.79 Å². The fourth-order valence-electron chi connectivity index (χ4n) is 1.93. The molecule has 0 spiro atoms. The van der Waals surface area contributed by atoms with Gasteiger partial charge in [-0.1, -0.05) is 13.0 Å². The smallest absolute Gasteiger partial charge is 0.317 e. The normalized spacial score (nSPS) is 24.2. The molecular formula is C11H18N2O3. The number of hydrogen-bond acceptors (Lipinski definition) is 2. The predicted octanol–water partition coefficient (Wildman–Crippen LogP) is 1.07. The van der Waals surface area contributed by atoms with Crippen molar-refractivity contribution in [2.75, 3.05) is 19.6 Å². The van der Waals surface area contributed by atoms with Crippen molar-refractivity contribution >= 4 is 12.0 Å². The first-order valence-electron chi connectivity index (χ1n) is 5.43. The van der Waals surface area contributed by atoms with Crippen molar-refractivity contribution < 1.29 is 14.7 Å². The summed E-state index contributed by atoms with van der Waals surface area (Å²) >= 11 is 0. The van der Waals surface area contributed by atoms with Gasteiger partial charge in [-0.2, -0.15) is 0 Å². The third-order valence-corrected chi connectivity index (χ3v) is 3.17. The maximum atomic E-state index is 11.6. The Morgan fingerprint density at radius 1 is 1.62 bits per heavy atom. The van der Waals surface area contributed by atoms with Crippen LogP contribution in [0.1, 0.15) is 19.8 Å². The lowest BCUT2D eigenvalue weighted by molar-refractivity contribution is -0.148. The van der Waals surface area contributed by atoms with E-state index < -0.39 is 11.4 Å². The van der Waals surface area contributed by atoms with Gasteiger partial charge in [-0.25, -0.2) is 4.79 Å². The van der Waals surface area contributed by atoms with E-state index in [-0.39, 0.29) is 6.03 Å². The second-order valence-corrected chi connectivity index (χ2v) is 4.09. The molecule has 2 N–H and O–H groups in total. The van der Waals surface area contributed by atoms with E-state index in [4.69, 9.17) is 5.11 Å². The van der Waals surface area contributed by atoms with E-state index in [1.807, 2.05) is 6.92 Å². The molecule has 90 valence electrons. The summed E-state index contributed by atoms with van der Waals surface area (Å²) in [4.78, 5) is 24.3. The third-order valence-electron chi connectivity index (χ3n) is 3.17. The van der Waals surface area contributed by atoms with Crippen molar-refractivity contribution in [3.05, 3.63) is 12.7 Å². The highest BCUT2D eigenvalue weighted by Gasteiger charge is 2.44. The zero-order chi connectivity index (χ0) is 12.2. The molecule has 1 rings (SSSR count). The Bertz CT molecular complexity index is 304. The van der Waals surface area contributed by atoms with Gasteiger partial charge < -0.3 is 15.3 Å². The Morgan fingerprint density at radius 3 is 2.75 bits per heavy atom. The number of nitrogens with zero attached hydrogens (tertiary/aromatic N) is 1. The van der Waals surface area contributed by atoms with Gasteiger partial charge in [-0.15, -0.1) is 6.58 Å². The molecule has 1 heterocycles. The average molecular weight is 226 g/mol. The number of carboxylic acids is 1. The molecule has 0 aliphatic carbocycles. The number of aliphatic carboxylic acids is 1. The molecule has 0 aromatic rings. The van der Waals surface area contributed by atoms with E-state index in [0.29, 0.717) is 32.5 Å². The summed E-state index contributed by atoms with van der Waals surface area (Å²) in [5, 5.41) is 11.8. The van der Waals surface area contributed by atoms with Crippen LogP contribution in [-0.4, -0.2) is 41.6 Å². The lowest BCUT2D eigenvalue weighted by Gasteiger charge is -2.23. The van der Waals surface area contributed by atoms with E-state index in [1.54, 1.807) is 11.0 Å². The molecule has 5 nitrogen and oxygen atoms in total. The Hall–Kier alpha value is -1.52. The van der Waals surface area contributed by atoms with Crippen LogP contribution in [0, 0.1) is 5.41 Å². The first-order chi connectivity index (χ1) is 7.55. The SMILES string of the molecule is C=CCNC(=O)N1CCC(CC)(C(=O)O)C1. The van der Waals surface area contributed by atoms with Crippen LogP contribution in [0.25, 0.3) is 0 Å².